The van der Waals surface area contributed by atoms with Gasteiger partial charge in [0.05, 0.1) is 52.4 Å². The van der Waals surface area contributed by atoms with E-state index in [-0.39, 0.29) is 77.3 Å². The molecule has 14 aromatic rings. The van der Waals surface area contributed by atoms with Crippen molar-refractivity contribution < 1.29 is 92.1 Å². The summed E-state index contributed by atoms with van der Waals surface area (Å²) in [5, 5.41) is -4.06. The Morgan fingerprint density at radius 1 is 0.545 bits per heavy atom. The van der Waals surface area contributed by atoms with Crippen molar-refractivity contribution in [3.63, 3.8) is 0 Å². The second-order valence-corrected chi connectivity index (χ2v) is 23.3. The zero-order chi connectivity index (χ0) is 97.6. The average molecular weight is 1380 g/mol. The number of imidazole rings is 1. The number of rotatable bonds is 12. The van der Waals surface area contributed by atoms with Crippen molar-refractivity contribution in [2.24, 2.45) is 0 Å². The maximum absolute atomic E-state index is 11.0. The zero-order valence-corrected chi connectivity index (χ0v) is 48.3. The van der Waals surface area contributed by atoms with Crippen molar-refractivity contribution in [3.8, 4) is 62.1 Å². The van der Waals surface area contributed by atoms with Crippen LogP contribution in [0.2, 0.25) is 0 Å². The van der Waals surface area contributed by atoms with Crippen LogP contribution in [0.5, 0.6) is 11.5 Å². The van der Waals surface area contributed by atoms with Crippen LogP contribution in [0.15, 0.2) is 272 Å². The van der Waals surface area contributed by atoms with Crippen molar-refractivity contribution in [1.29, 1.82) is 0 Å². The SMILES string of the molecule is [2H]c1cc(-c2cnc(-n3c4[c-]c(Oc5[c-]c(-n6[c-][n+](-c7c(-c8c([2H])c([2H])c9c(c8[2H])C(C([2H])([2H])[2H])(C([2H])([2H])[2H])C([2H])([2H])C([2H])([2H])C9(C([2H])([2H])[2H])C([2H])([2H])[2H])cccc7-c7c([2H])c([2H])c([2H])c([Si](c8c([2H])c([2H])c([2H])c([2H])c8[2H])(c8c([2H])c([2H])c([2H])c([2H])c8[2H])c8c([2H])c([2H])c([2H])c([2H])c8[2H])c7[2H])c7ccccc76)ccc5)ccc4c4ccccc43)cc2C([2H])([2H])[2H])c([2H])c([2H])c1[2H].[Pt]. The first kappa shape index (κ1) is 25.3. The van der Waals surface area contributed by atoms with E-state index in [1.165, 1.54) is 65.4 Å². The van der Waals surface area contributed by atoms with E-state index in [0.29, 0.717) is 16.3 Å². The van der Waals surface area contributed by atoms with Crippen molar-refractivity contribution in [2.75, 3.05) is 0 Å². The molecule has 0 unspecified atom stereocenters. The van der Waals surface area contributed by atoms with Crippen LogP contribution >= 0.6 is 0 Å². The van der Waals surface area contributed by atoms with E-state index in [1.807, 2.05) is 0 Å². The van der Waals surface area contributed by atoms with Crippen molar-refractivity contribution in [1.82, 2.24) is 14.1 Å². The number of nitrogens with zero attached hydrogens (tertiary/aromatic N) is 4. The summed E-state index contributed by atoms with van der Waals surface area (Å²) >= 11 is 0. The summed E-state index contributed by atoms with van der Waals surface area (Å²) < 4.78 is 431. The second kappa shape index (κ2) is 22.7. The Hall–Kier alpha value is -9.45. The molecule has 88 heavy (non-hydrogen) atoms. The van der Waals surface area contributed by atoms with Gasteiger partial charge >= 0.3 is 0 Å². The average Bonchev–Trinajstić information content (AvgIpc) is 1.000. The molecule has 0 fully saturated rings. The van der Waals surface area contributed by atoms with E-state index in [1.54, 1.807) is 34.9 Å². The molecule has 1 aliphatic rings. The molecule has 0 radical (unpaired) electrons. The topological polar surface area (TPSA) is 35.9 Å². The monoisotopic (exact) mass is 1380 g/mol. The normalized spacial score (nSPS) is 22.7. The number of hydrogen-bond acceptors (Lipinski definition) is 2. The van der Waals surface area contributed by atoms with Gasteiger partial charge in [-0.2, -0.15) is 18.2 Å². The molecule has 15 rings (SSSR count). The van der Waals surface area contributed by atoms with Gasteiger partial charge in [0.25, 0.3) is 6.33 Å². The zero-order valence-electron chi connectivity index (χ0n) is 90.0. The van der Waals surface area contributed by atoms with Crippen molar-refractivity contribution in [3.05, 3.63) is 308 Å². The molecule has 3 heterocycles. The van der Waals surface area contributed by atoms with Gasteiger partial charge < -0.3 is 13.9 Å². The Balaban J connectivity index is 0.0000142. The van der Waals surface area contributed by atoms with Gasteiger partial charge in [0, 0.05) is 75.9 Å². The van der Waals surface area contributed by atoms with Crippen LogP contribution in [0.4, 0.5) is 0 Å². The third-order valence-corrected chi connectivity index (χ3v) is 18.7. The van der Waals surface area contributed by atoms with E-state index in [4.69, 9.17) is 26.7 Å². The van der Waals surface area contributed by atoms with Crippen LogP contribution in [0.25, 0.3) is 83.4 Å². The molecule has 11 aromatic carbocycles. The molecular formula is C81H64N4OPtSi-2. The van der Waals surface area contributed by atoms with Crippen molar-refractivity contribution in [2.45, 2.75) is 57.8 Å². The Morgan fingerprint density at radius 2 is 1.17 bits per heavy atom. The van der Waals surface area contributed by atoms with Crippen LogP contribution < -0.4 is 30.1 Å². The predicted molar refractivity (Wildman–Crippen MR) is 360 cm³/mol. The molecule has 0 N–H and O–H groups in total. The Labute approximate surface area is 594 Å². The Morgan fingerprint density at radius 3 is 1.90 bits per heavy atom. The minimum atomic E-state index is -6.76. The Kier molecular flexibility index (Phi) is 6.53. The number of aromatic nitrogens is 4. The van der Waals surface area contributed by atoms with Crippen LogP contribution in [0, 0.1) is 25.3 Å². The number of fused-ring (bicyclic) bond motifs is 5. The summed E-state index contributed by atoms with van der Waals surface area (Å²) in [4.78, 5) is 4.67. The first-order valence-electron chi connectivity index (χ1n) is 48.9. The summed E-state index contributed by atoms with van der Waals surface area (Å²) in [6.45, 7) is -21.3. The van der Waals surface area contributed by atoms with Gasteiger partial charge in [-0.15, -0.1) is 29.7 Å². The molecule has 5 nitrogen and oxygen atoms in total. The number of aryl methyl sites for hydroxylation is 1. The van der Waals surface area contributed by atoms with Gasteiger partial charge in [0.2, 0.25) is 0 Å². The largest absolute Gasteiger partial charge is 0.510 e. The fourth-order valence-corrected chi connectivity index (χ4v) is 14.4. The molecule has 1 aliphatic carbocycles. The maximum Gasteiger partial charge on any atom is 0.268 e. The van der Waals surface area contributed by atoms with Crippen LogP contribution in [-0.2, 0) is 31.9 Å². The third kappa shape index (κ3) is 9.67. The predicted octanol–water partition coefficient (Wildman–Crippen LogP) is 16.6. The molecule has 0 saturated carbocycles. The van der Waals surface area contributed by atoms with E-state index in [2.05, 4.69) is 23.4 Å². The van der Waals surface area contributed by atoms with E-state index < -0.39 is 283 Å². The van der Waals surface area contributed by atoms with Crippen molar-refractivity contribution >= 4 is 61.7 Å². The summed E-state index contributed by atoms with van der Waals surface area (Å²) in [7, 11) is -6.76. The second-order valence-electron chi connectivity index (χ2n) is 19.8. The van der Waals surface area contributed by atoms with Gasteiger partial charge in [-0.3, -0.25) is 4.57 Å². The molecule has 3 aromatic heterocycles. The summed E-state index contributed by atoms with van der Waals surface area (Å²) in [5.41, 5.74) is -18.5. The smallest absolute Gasteiger partial charge is 0.268 e. The maximum atomic E-state index is 11.0. The van der Waals surface area contributed by atoms with Gasteiger partial charge in [0.1, 0.15) is 5.82 Å². The first-order valence-corrected chi connectivity index (χ1v) is 28.4. The number of para-hydroxylation sites is 4. The van der Waals surface area contributed by atoms with Gasteiger partial charge in [-0.1, -0.05) is 257 Å². The molecule has 7 heteroatoms. The fraction of sp³-hybridized carbons (Fsp3) is 0.111. The first-order chi connectivity index (χ1) is 61.1. The van der Waals surface area contributed by atoms with Crippen LogP contribution in [-0.4, -0.2) is 22.2 Å². The fourth-order valence-electron chi connectivity index (χ4n) is 10.9. The minimum Gasteiger partial charge on any atom is -0.510 e. The van der Waals surface area contributed by atoms with Crippen LogP contribution in [0.3, 0.4) is 0 Å². The Bertz CT molecular complexity index is 7070. The summed E-state index contributed by atoms with van der Waals surface area (Å²) in [6.07, 6.45) is -5.44. The number of pyridine rings is 1. The summed E-state index contributed by atoms with van der Waals surface area (Å²) in [5.74, 6) is -0.196. The van der Waals surface area contributed by atoms with E-state index in [9.17, 15) is 39.8 Å². The number of hydrogen-bond donors (Lipinski definition) is 0. The molecule has 0 aliphatic heterocycles. The third-order valence-electron chi connectivity index (χ3n) is 14.7. The molecule has 430 valence electrons. The minimum absolute atomic E-state index is 0. The van der Waals surface area contributed by atoms with Crippen LogP contribution in [0.1, 0.15) is 119 Å². The molecule has 0 bridgehead atoms. The number of benzene rings is 11. The van der Waals surface area contributed by atoms with Gasteiger partial charge in [-0.25, -0.2) is 4.98 Å². The molecule has 0 amide bonds. The molecule has 0 atom stereocenters. The molecule has 0 saturated heterocycles. The standard InChI is InChI=1S/C81H64N4OSi.Pt/c1-56-49-78(82-54-71(56)57-25-10-6-11-26-57)85-74-40-19-18-37-69(74)70-45-44-62(53-77(70)85)86-61-29-23-28-60(52-61)83-55-84(76-42-21-20-41-75(76)83)79-67(38-24-39-68(79)59-43-46-72-73(51-59)81(4,5)48-47-80(72,2)3)58-27-22-36-66(50-58)87(63-30-12-7-13-31-63,64-32-14-8-15-33-64)65-34-16-9-17-35-65;/h6-46,49-51,54H,47-48H2,1-5H3;/q-2;/i1D3,2D3,3D3,4D3,5D3,6D,7D,8D,9D,10D,11D,12D,13D,14D,15D,16D,17D,22D,25D,27D,30D,31D,32D,33D,34D,35D,36D,43D,46D,47D2,48D2,50D,51D;. The summed E-state index contributed by atoms with van der Waals surface area (Å²) in [6, 6.07) is -1.40. The van der Waals surface area contributed by atoms with Gasteiger partial charge in [0.15, 0.2) is 8.07 Å². The van der Waals surface area contributed by atoms with Gasteiger partial charge in [-0.05, 0) is 119 Å². The molecule has 0 spiro atoms. The van der Waals surface area contributed by atoms with E-state index in [0.717, 1.165) is 28.8 Å². The number of ether oxygens (including phenoxy) is 1. The quantitative estimate of drug-likeness (QED) is 0.0529. The molecular weight excluding hydrogens is 1270 g/mol. The van der Waals surface area contributed by atoms with E-state index >= 15 is 0 Å².